The van der Waals surface area contributed by atoms with Gasteiger partial charge in [-0.05, 0) is 31.2 Å². The van der Waals surface area contributed by atoms with Gasteiger partial charge in [0.2, 0.25) is 0 Å². The Hall–Kier alpha value is -2.75. The van der Waals surface area contributed by atoms with Crippen LogP contribution >= 0.6 is 11.6 Å². The van der Waals surface area contributed by atoms with Crippen LogP contribution in [-0.4, -0.2) is 80.3 Å². The number of ether oxygens (including phenoxy) is 1. The summed E-state index contributed by atoms with van der Waals surface area (Å²) < 4.78 is 6.44. The number of nitrogens with zero attached hydrogens (tertiary/aromatic N) is 6. The van der Waals surface area contributed by atoms with Crippen molar-refractivity contribution in [1.29, 1.82) is 0 Å². The van der Waals surface area contributed by atoms with Gasteiger partial charge >= 0.3 is 0 Å². The monoisotopic (exact) mass is 473 g/mol. The molecule has 3 aliphatic rings. The van der Waals surface area contributed by atoms with E-state index in [0.29, 0.717) is 16.4 Å². The second-order valence-corrected chi connectivity index (χ2v) is 9.01. The summed E-state index contributed by atoms with van der Waals surface area (Å²) >= 11 is 6.54. The quantitative estimate of drug-likeness (QED) is 0.229. The maximum absolute atomic E-state index is 11.0. The number of nitro benzene ring substituents is 1. The predicted molar refractivity (Wildman–Crippen MR) is 129 cm³/mol. The third kappa shape index (κ3) is 5.26. The molecule has 2 aromatic rings. The Bertz CT molecular complexity index is 1030. The molecule has 3 aliphatic heterocycles. The molecule has 0 spiro atoms. The summed E-state index contributed by atoms with van der Waals surface area (Å²) in [6.07, 6.45) is 0. The summed E-state index contributed by atoms with van der Waals surface area (Å²) in [6.45, 7) is 12.6. The van der Waals surface area contributed by atoms with Crippen LogP contribution in [0.15, 0.2) is 46.6 Å². The Labute approximate surface area is 198 Å². The first kappa shape index (κ1) is 23.4. The number of rotatable bonds is 9. The number of azo groups is 1. The van der Waals surface area contributed by atoms with Crippen molar-refractivity contribution in [3.8, 4) is 5.75 Å². The Morgan fingerprint density at radius 1 is 1.12 bits per heavy atom. The summed E-state index contributed by atoms with van der Waals surface area (Å²) in [5, 5.41) is 19.9. The average molecular weight is 474 g/mol. The molecule has 0 unspecified atom stereocenters. The molecular weight excluding hydrogens is 444 g/mol. The molecular formula is C23H30ClN6O3+. The maximum atomic E-state index is 11.0. The highest BCUT2D eigenvalue weighted by molar-refractivity contribution is 6.33. The molecule has 0 aromatic heterocycles. The van der Waals surface area contributed by atoms with Crippen molar-refractivity contribution in [1.82, 2.24) is 4.90 Å². The second kappa shape index (κ2) is 10.0. The van der Waals surface area contributed by atoms with Crippen molar-refractivity contribution in [2.75, 3.05) is 70.9 Å². The lowest BCUT2D eigenvalue weighted by atomic mass is 10.1. The molecule has 2 bridgehead atoms. The van der Waals surface area contributed by atoms with Crippen molar-refractivity contribution in [2.45, 2.75) is 6.92 Å². The Balaban J connectivity index is 1.45. The van der Waals surface area contributed by atoms with Gasteiger partial charge in [0.15, 0.2) is 5.75 Å². The summed E-state index contributed by atoms with van der Waals surface area (Å²) in [5.74, 6) is 0.281. The lowest BCUT2D eigenvalue weighted by Gasteiger charge is -2.51. The molecule has 0 atom stereocenters. The minimum Gasteiger partial charge on any atom is -0.494 e. The fourth-order valence-electron chi connectivity index (χ4n) is 4.61. The number of fused-ring (bicyclic) bond motifs is 3. The van der Waals surface area contributed by atoms with Crippen LogP contribution in [0.25, 0.3) is 0 Å². The number of methoxy groups -OCH3 is 1. The van der Waals surface area contributed by atoms with E-state index in [4.69, 9.17) is 16.3 Å². The van der Waals surface area contributed by atoms with E-state index in [1.165, 1.54) is 69.1 Å². The van der Waals surface area contributed by atoms with Gasteiger partial charge in [0, 0.05) is 37.9 Å². The molecule has 0 N–H and O–H groups in total. The molecule has 0 saturated carbocycles. The summed E-state index contributed by atoms with van der Waals surface area (Å²) in [6, 6.07) is 10.0. The van der Waals surface area contributed by atoms with E-state index < -0.39 is 4.92 Å². The molecule has 5 rings (SSSR count). The van der Waals surface area contributed by atoms with Gasteiger partial charge < -0.3 is 14.1 Å². The molecule has 176 valence electrons. The van der Waals surface area contributed by atoms with Crippen LogP contribution in [-0.2, 0) is 0 Å². The van der Waals surface area contributed by atoms with Crippen molar-refractivity contribution < 1.29 is 14.1 Å². The van der Waals surface area contributed by atoms with E-state index in [0.717, 1.165) is 25.3 Å². The van der Waals surface area contributed by atoms with Crippen LogP contribution in [0.5, 0.6) is 5.75 Å². The number of hydrogen-bond donors (Lipinski definition) is 0. The smallest absolute Gasteiger partial charge is 0.273 e. The van der Waals surface area contributed by atoms with Gasteiger partial charge in [-0.2, -0.15) is 0 Å². The van der Waals surface area contributed by atoms with Gasteiger partial charge in [-0.15, -0.1) is 10.2 Å². The van der Waals surface area contributed by atoms with E-state index in [-0.39, 0.29) is 11.4 Å². The van der Waals surface area contributed by atoms with Crippen LogP contribution in [0.2, 0.25) is 5.02 Å². The van der Waals surface area contributed by atoms with Crippen LogP contribution in [0, 0.1) is 10.1 Å². The van der Waals surface area contributed by atoms with Gasteiger partial charge in [-0.3, -0.25) is 15.0 Å². The summed E-state index contributed by atoms with van der Waals surface area (Å²) in [4.78, 5) is 15.4. The zero-order chi connectivity index (χ0) is 23.4. The van der Waals surface area contributed by atoms with Crippen molar-refractivity contribution >= 4 is 34.4 Å². The molecule has 33 heavy (non-hydrogen) atoms. The molecule has 0 amide bonds. The minimum absolute atomic E-state index is 0.0650. The Morgan fingerprint density at radius 3 is 2.39 bits per heavy atom. The fraction of sp³-hybridized carbons (Fsp3) is 0.478. The molecule has 3 heterocycles. The van der Waals surface area contributed by atoms with E-state index in [2.05, 4.69) is 27.0 Å². The second-order valence-electron chi connectivity index (χ2n) is 8.61. The lowest BCUT2D eigenvalue weighted by molar-refractivity contribution is -0.939. The van der Waals surface area contributed by atoms with Crippen LogP contribution < -0.4 is 9.64 Å². The Morgan fingerprint density at radius 2 is 1.79 bits per heavy atom. The van der Waals surface area contributed by atoms with Crippen LogP contribution in [0.4, 0.5) is 22.7 Å². The predicted octanol–water partition coefficient (Wildman–Crippen LogP) is 4.64. The average Bonchev–Trinajstić information content (AvgIpc) is 2.84. The highest BCUT2D eigenvalue weighted by Crippen LogP contribution is 2.35. The first-order valence-corrected chi connectivity index (χ1v) is 11.7. The van der Waals surface area contributed by atoms with Gasteiger partial charge in [-0.1, -0.05) is 11.6 Å². The normalized spacial score (nSPS) is 22.0. The van der Waals surface area contributed by atoms with E-state index >= 15 is 0 Å². The SMILES string of the molecule is CCN(CC[N+]12CCN(CC1)CC2)c1ccc(/N=N/c2ccc([N+](=O)[O-])cc2OC)c(Cl)c1. The third-order valence-corrected chi connectivity index (χ3v) is 7.14. The van der Waals surface area contributed by atoms with E-state index in [9.17, 15) is 10.1 Å². The molecule has 3 saturated heterocycles. The van der Waals surface area contributed by atoms with Crippen molar-refractivity contribution in [2.24, 2.45) is 10.2 Å². The number of anilines is 1. The lowest BCUT2D eigenvalue weighted by Crippen LogP contribution is -2.68. The number of halogens is 1. The minimum atomic E-state index is -0.478. The van der Waals surface area contributed by atoms with E-state index in [1.54, 1.807) is 0 Å². The number of hydrogen-bond acceptors (Lipinski definition) is 7. The van der Waals surface area contributed by atoms with Crippen LogP contribution in [0.1, 0.15) is 6.92 Å². The highest BCUT2D eigenvalue weighted by Gasteiger charge is 2.38. The molecule has 10 heteroatoms. The van der Waals surface area contributed by atoms with Crippen molar-refractivity contribution in [3.63, 3.8) is 0 Å². The standard InChI is InChI=1S/C23H30ClN6O3/c1-3-28(11-15-30-12-8-27(9-13-30)10-14-30)18-4-6-21(20(24)16-18)25-26-22-7-5-19(29(31)32)17-23(22)33-2/h4-7,16-17H,3,8-15H2,1-2H3/q+1/b26-25+. The highest BCUT2D eigenvalue weighted by atomic mass is 35.5. The van der Waals surface area contributed by atoms with Crippen LogP contribution in [0.3, 0.4) is 0 Å². The zero-order valence-electron chi connectivity index (χ0n) is 19.1. The fourth-order valence-corrected chi connectivity index (χ4v) is 4.83. The number of nitro groups is 1. The zero-order valence-corrected chi connectivity index (χ0v) is 19.9. The summed E-state index contributed by atoms with van der Waals surface area (Å²) in [7, 11) is 1.44. The molecule has 2 aromatic carbocycles. The Kier molecular flexibility index (Phi) is 7.11. The largest absolute Gasteiger partial charge is 0.494 e. The first-order valence-electron chi connectivity index (χ1n) is 11.3. The van der Waals surface area contributed by atoms with Gasteiger partial charge in [-0.25, -0.2) is 0 Å². The number of quaternary nitrogens is 1. The summed E-state index contributed by atoms with van der Waals surface area (Å²) in [5.41, 5.74) is 1.94. The van der Waals surface area contributed by atoms with E-state index in [1.807, 2.05) is 18.2 Å². The topological polar surface area (TPSA) is 83.6 Å². The van der Waals surface area contributed by atoms with Crippen molar-refractivity contribution in [3.05, 3.63) is 51.5 Å². The van der Waals surface area contributed by atoms with Gasteiger partial charge in [0.25, 0.3) is 5.69 Å². The number of likely N-dealkylation sites (N-methyl/N-ethyl adjacent to an activating group) is 1. The van der Waals surface area contributed by atoms with Gasteiger partial charge in [0.1, 0.15) is 11.4 Å². The molecule has 9 nitrogen and oxygen atoms in total. The third-order valence-electron chi connectivity index (χ3n) is 6.83. The van der Waals surface area contributed by atoms with Gasteiger partial charge in [0.05, 0.1) is 55.8 Å². The number of non-ortho nitro benzene ring substituents is 1. The number of piperazine rings is 3. The molecule has 3 fully saturated rings. The molecule has 0 radical (unpaired) electrons. The maximum Gasteiger partial charge on any atom is 0.273 e. The first-order chi connectivity index (χ1) is 15.9. The number of benzene rings is 2. The molecule has 0 aliphatic carbocycles.